The summed E-state index contributed by atoms with van der Waals surface area (Å²) in [5.74, 6) is -0.166. The summed E-state index contributed by atoms with van der Waals surface area (Å²) in [6.07, 6.45) is 0.778. The van der Waals surface area contributed by atoms with Crippen LogP contribution >= 0.6 is 0 Å². The molecule has 0 heterocycles. The second kappa shape index (κ2) is 5.38. The molecular formula is C7H14O3. The van der Waals surface area contributed by atoms with Gasteiger partial charge in [-0.1, -0.05) is 6.92 Å². The third-order valence-electron chi connectivity index (χ3n) is 1.43. The number of carbonyl (C=O) groups excluding carboxylic acids is 1. The van der Waals surface area contributed by atoms with Gasteiger partial charge in [-0.05, 0) is 0 Å². The fraction of sp³-hybridized carbons (Fsp3) is 0.857. The zero-order valence-corrected chi connectivity index (χ0v) is 6.21. The smallest absolute Gasteiger partial charge is 0.133 e. The van der Waals surface area contributed by atoms with Gasteiger partial charge in [0, 0.05) is 32.0 Å². The zero-order chi connectivity index (χ0) is 7.98. The summed E-state index contributed by atoms with van der Waals surface area (Å²) in [7, 11) is 0. The van der Waals surface area contributed by atoms with Gasteiger partial charge in [0.1, 0.15) is 5.78 Å². The van der Waals surface area contributed by atoms with Crippen molar-refractivity contribution < 1.29 is 15.0 Å². The second-order valence-electron chi connectivity index (χ2n) is 2.33. The third kappa shape index (κ3) is 3.58. The maximum Gasteiger partial charge on any atom is 0.133 e. The molecule has 0 aliphatic heterocycles. The second-order valence-corrected chi connectivity index (χ2v) is 2.33. The molecule has 0 saturated carbocycles. The molecule has 0 atom stereocenters. The van der Waals surface area contributed by atoms with E-state index < -0.39 is 0 Å². The average Bonchev–Trinajstić information content (AvgIpc) is 1.99. The van der Waals surface area contributed by atoms with E-state index in [4.69, 9.17) is 10.2 Å². The van der Waals surface area contributed by atoms with Crippen LogP contribution in [-0.4, -0.2) is 29.2 Å². The van der Waals surface area contributed by atoms with Crippen molar-refractivity contribution in [3.63, 3.8) is 0 Å². The Bertz CT molecular complexity index is 97.0. The Kier molecular flexibility index (Phi) is 5.16. The molecule has 0 aromatic carbocycles. The highest BCUT2D eigenvalue weighted by atomic mass is 16.3. The first kappa shape index (κ1) is 9.59. The molecule has 0 fully saturated rings. The Balaban J connectivity index is 3.52. The average molecular weight is 146 g/mol. The number of hydrogen-bond acceptors (Lipinski definition) is 3. The Morgan fingerprint density at radius 1 is 1.40 bits per heavy atom. The third-order valence-corrected chi connectivity index (χ3v) is 1.43. The summed E-state index contributed by atoms with van der Waals surface area (Å²) in [6.45, 7) is 1.55. The van der Waals surface area contributed by atoms with Crippen molar-refractivity contribution in [1.29, 1.82) is 0 Å². The monoisotopic (exact) mass is 146 g/mol. The normalized spacial score (nSPS) is 10.4. The molecule has 0 aliphatic carbocycles. The summed E-state index contributed by atoms with van der Waals surface area (Å²) < 4.78 is 0. The summed E-state index contributed by atoms with van der Waals surface area (Å²) in [6, 6.07) is 0. The molecule has 0 unspecified atom stereocenters. The van der Waals surface area contributed by atoms with Crippen LogP contribution in [0.2, 0.25) is 0 Å². The number of ketones is 1. The van der Waals surface area contributed by atoms with Gasteiger partial charge in [-0.2, -0.15) is 0 Å². The topological polar surface area (TPSA) is 57.5 Å². The zero-order valence-electron chi connectivity index (χ0n) is 6.21. The van der Waals surface area contributed by atoms with Gasteiger partial charge in [0.15, 0.2) is 0 Å². The van der Waals surface area contributed by atoms with E-state index in [9.17, 15) is 4.79 Å². The Hall–Kier alpha value is -0.410. The lowest BCUT2D eigenvalue weighted by molar-refractivity contribution is -0.120. The van der Waals surface area contributed by atoms with Crippen LogP contribution in [0.15, 0.2) is 0 Å². The van der Waals surface area contributed by atoms with E-state index in [1.165, 1.54) is 0 Å². The summed E-state index contributed by atoms with van der Waals surface area (Å²) in [5, 5.41) is 17.1. The molecule has 0 rings (SSSR count). The molecule has 0 saturated heterocycles. The van der Waals surface area contributed by atoms with Crippen LogP contribution in [0.4, 0.5) is 0 Å². The van der Waals surface area contributed by atoms with Crippen molar-refractivity contribution in [2.24, 2.45) is 5.92 Å². The Morgan fingerprint density at radius 2 is 1.90 bits per heavy atom. The van der Waals surface area contributed by atoms with E-state index in [0.717, 1.165) is 0 Å². The number of aliphatic hydroxyl groups is 2. The lowest BCUT2D eigenvalue weighted by Crippen LogP contribution is -2.15. The van der Waals surface area contributed by atoms with Crippen molar-refractivity contribution in [3.05, 3.63) is 0 Å². The van der Waals surface area contributed by atoms with Crippen LogP contribution in [0.3, 0.4) is 0 Å². The van der Waals surface area contributed by atoms with Crippen molar-refractivity contribution in [2.75, 3.05) is 13.2 Å². The number of aliphatic hydroxyl groups excluding tert-OH is 2. The standard InChI is InChI=1S/C7H14O3/c1-2-7(10)3-6(4-8)5-9/h6,8-9H,2-5H2,1H3. The molecule has 3 nitrogen and oxygen atoms in total. The summed E-state index contributed by atoms with van der Waals surface area (Å²) in [5.41, 5.74) is 0. The minimum absolute atomic E-state index is 0.0908. The van der Waals surface area contributed by atoms with E-state index in [1.807, 2.05) is 0 Å². The minimum Gasteiger partial charge on any atom is -0.396 e. The van der Waals surface area contributed by atoms with Gasteiger partial charge in [0.2, 0.25) is 0 Å². The largest absolute Gasteiger partial charge is 0.396 e. The molecule has 60 valence electrons. The quantitative estimate of drug-likeness (QED) is 0.572. The van der Waals surface area contributed by atoms with Gasteiger partial charge < -0.3 is 10.2 Å². The molecule has 0 aromatic heterocycles. The highest BCUT2D eigenvalue weighted by molar-refractivity contribution is 5.78. The molecular weight excluding hydrogens is 132 g/mol. The minimum atomic E-state index is -0.257. The summed E-state index contributed by atoms with van der Waals surface area (Å²) in [4.78, 5) is 10.7. The number of carbonyl (C=O) groups is 1. The molecule has 0 spiro atoms. The molecule has 10 heavy (non-hydrogen) atoms. The van der Waals surface area contributed by atoms with Crippen LogP contribution < -0.4 is 0 Å². The molecule has 0 aromatic rings. The molecule has 0 aliphatic rings. The molecule has 0 amide bonds. The maximum atomic E-state index is 10.7. The van der Waals surface area contributed by atoms with Crippen molar-refractivity contribution in [1.82, 2.24) is 0 Å². The predicted molar refractivity (Wildman–Crippen MR) is 37.6 cm³/mol. The van der Waals surface area contributed by atoms with E-state index in [1.54, 1.807) is 6.92 Å². The lowest BCUT2D eigenvalue weighted by atomic mass is 10.0. The highest BCUT2D eigenvalue weighted by Gasteiger charge is 2.09. The molecule has 0 bridgehead atoms. The van der Waals surface area contributed by atoms with Crippen LogP contribution in [0.1, 0.15) is 19.8 Å². The van der Waals surface area contributed by atoms with E-state index in [0.29, 0.717) is 12.8 Å². The fourth-order valence-electron chi connectivity index (χ4n) is 0.653. The maximum absolute atomic E-state index is 10.7. The fourth-order valence-corrected chi connectivity index (χ4v) is 0.653. The van der Waals surface area contributed by atoms with E-state index >= 15 is 0 Å². The first-order chi connectivity index (χ1) is 4.74. The van der Waals surface area contributed by atoms with Gasteiger partial charge in [-0.25, -0.2) is 0 Å². The van der Waals surface area contributed by atoms with Crippen LogP contribution in [0, 0.1) is 5.92 Å². The van der Waals surface area contributed by atoms with Crippen LogP contribution in [0.5, 0.6) is 0 Å². The highest BCUT2D eigenvalue weighted by Crippen LogP contribution is 2.02. The first-order valence-corrected chi connectivity index (χ1v) is 3.48. The summed E-state index contributed by atoms with van der Waals surface area (Å²) >= 11 is 0. The first-order valence-electron chi connectivity index (χ1n) is 3.48. The van der Waals surface area contributed by atoms with E-state index in [-0.39, 0.29) is 24.9 Å². The van der Waals surface area contributed by atoms with Crippen LogP contribution in [0.25, 0.3) is 0 Å². The molecule has 2 N–H and O–H groups in total. The van der Waals surface area contributed by atoms with E-state index in [2.05, 4.69) is 0 Å². The van der Waals surface area contributed by atoms with Crippen molar-refractivity contribution >= 4 is 5.78 Å². The van der Waals surface area contributed by atoms with Gasteiger partial charge in [0.05, 0.1) is 0 Å². The Labute approximate surface area is 60.7 Å². The van der Waals surface area contributed by atoms with Gasteiger partial charge >= 0.3 is 0 Å². The molecule has 3 heteroatoms. The van der Waals surface area contributed by atoms with Crippen molar-refractivity contribution in [2.45, 2.75) is 19.8 Å². The SMILES string of the molecule is CCC(=O)CC(CO)CO. The molecule has 0 radical (unpaired) electrons. The lowest BCUT2D eigenvalue weighted by Gasteiger charge is -2.07. The number of hydrogen-bond donors (Lipinski definition) is 2. The Morgan fingerprint density at radius 3 is 2.20 bits per heavy atom. The van der Waals surface area contributed by atoms with Gasteiger partial charge in [0.25, 0.3) is 0 Å². The van der Waals surface area contributed by atoms with Gasteiger partial charge in [-0.3, -0.25) is 4.79 Å². The number of rotatable bonds is 5. The van der Waals surface area contributed by atoms with Crippen LogP contribution in [-0.2, 0) is 4.79 Å². The predicted octanol–water partition coefficient (Wildman–Crippen LogP) is -0.0436. The number of Topliss-reactive ketones (excluding diaryl/α,β-unsaturated/α-hetero) is 1. The van der Waals surface area contributed by atoms with Gasteiger partial charge in [-0.15, -0.1) is 0 Å². The van der Waals surface area contributed by atoms with Crippen molar-refractivity contribution in [3.8, 4) is 0 Å².